The molecule has 26 heavy (non-hydrogen) atoms. The average molecular weight is 355 g/mol. The summed E-state index contributed by atoms with van der Waals surface area (Å²) in [5.41, 5.74) is 2.03. The summed E-state index contributed by atoms with van der Waals surface area (Å²) in [7, 11) is 0. The Morgan fingerprint density at radius 1 is 1.23 bits per heavy atom. The number of ether oxygens (including phenoxy) is 1. The van der Waals surface area contributed by atoms with Gasteiger partial charge in [0, 0.05) is 24.3 Å². The van der Waals surface area contributed by atoms with E-state index in [1.54, 1.807) is 13.8 Å². The van der Waals surface area contributed by atoms with E-state index in [-0.39, 0.29) is 24.0 Å². The van der Waals surface area contributed by atoms with Crippen LogP contribution in [0.5, 0.6) is 0 Å². The Hall–Kier alpha value is -2.47. The van der Waals surface area contributed by atoms with Crippen molar-refractivity contribution in [3.05, 3.63) is 63.3 Å². The SMILES string of the molecule is Cc1nc(C)c(CC(=O)N2CCC(OCc3ccccc3)CC2)c(=O)[nH]1. The maximum absolute atomic E-state index is 12.5. The van der Waals surface area contributed by atoms with Crippen LogP contribution in [-0.2, 0) is 22.6 Å². The minimum Gasteiger partial charge on any atom is -0.373 e. The summed E-state index contributed by atoms with van der Waals surface area (Å²) in [4.78, 5) is 33.4. The van der Waals surface area contributed by atoms with E-state index < -0.39 is 0 Å². The van der Waals surface area contributed by atoms with Gasteiger partial charge in [-0.15, -0.1) is 0 Å². The molecule has 1 fully saturated rings. The molecule has 3 rings (SSSR count). The fourth-order valence-electron chi connectivity index (χ4n) is 3.28. The van der Waals surface area contributed by atoms with E-state index in [1.165, 1.54) is 0 Å². The second-order valence-corrected chi connectivity index (χ2v) is 6.77. The quantitative estimate of drug-likeness (QED) is 0.892. The van der Waals surface area contributed by atoms with Gasteiger partial charge in [-0.05, 0) is 32.3 Å². The molecule has 0 radical (unpaired) electrons. The van der Waals surface area contributed by atoms with Crippen molar-refractivity contribution >= 4 is 5.91 Å². The van der Waals surface area contributed by atoms with E-state index in [4.69, 9.17) is 4.74 Å². The highest BCUT2D eigenvalue weighted by Gasteiger charge is 2.24. The van der Waals surface area contributed by atoms with Gasteiger partial charge in [0.05, 0.1) is 19.1 Å². The second kappa shape index (κ2) is 8.27. The van der Waals surface area contributed by atoms with Gasteiger partial charge in [0.25, 0.3) is 5.56 Å². The van der Waals surface area contributed by atoms with E-state index in [0.29, 0.717) is 36.8 Å². The first kappa shape index (κ1) is 18.3. The number of piperidine rings is 1. The highest BCUT2D eigenvalue weighted by Crippen LogP contribution is 2.17. The van der Waals surface area contributed by atoms with Gasteiger partial charge in [0.2, 0.25) is 5.91 Å². The lowest BCUT2D eigenvalue weighted by atomic mass is 10.1. The van der Waals surface area contributed by atoms with Crippen LogP contribution in [0.25, 0.3) is 0 Å². The summed E-state index contributed by atoms with van der Waals surface area (Å²) < 4.78 is 5.96. The number of nitrogens with one attached hydrogen (secondary N) is 1. The molecule has 1 N–H and O–H groups in total. The van der Waals surface area contributed by atoms with Gasteiger partial charge in [-0.2, -0.15) is 0 Å². The maximum Gasteiger partial charge on any atom is 0.254 e. The molecular weight excluding hydrogens is 330 g/mol. The molecule has 0 aliphatic carbocycles. The molecule has 6 nitrogen and oxygen atoms in total. The number of H-pyrrole nitrogens is 1. The highest BCUT2D eigenvalue weighted by atomic mass is 16.5. The number of aromatic amines is 1. The van der Waals surface area contributed by atoms with Crippen LogP contribution in [0.2, 0.25) is 0 Å². The monoisotopic (exact) mass is 355 g/mol. The lowest BCUT2D eigenvalue weighted by Gasteiger charge is -2.32. The number of nitrogens with zero attached hydrogens (tertiary/aromatic N) is 2. The van der Waals surface area contributed by atoms with Crippen molar-refractivity contribution in [2.75, 3.05) is 13.1 Å². The maximum atomic E-state index is 12.5. The zero-order valence-electron chi connectivity index (χ0n) is 15.3. The van der Waals surface area contributed by atoms with Gasteiger partial charge in [0.15, 0.2) is 0 Å². The number of amides is 1. The van der Waals surface area contributed by atoms with Crippen LogP contribution in [0.1, 0.15) is 35.5 Å². The van der Waals surface area contributed by atoms with Crippen molar-refractivity contribution in [2.45, 2.75) is 45.8 Å². The van der Waals surface area contributed by atoms with Crippen molar-refractivity contribution < 1.29 is 9.53 Å². The topological polar surface area (TPSA) is 75.3 Å². The van der Waals surface area contributed by atoms with Crippen LogP contribution in [0, 0.1) is 13.8 Å². The van der Waals surface area contributed by atoms with Gasteiger partial charge in [0.1, 0.15) is 5.82 Å². The Labute approximate surface area is 153 Å². The molecule has 0 saturated carbocycles. The second-order valence-electron chi connectivity index (χ2n) is 6.77. The lowest BCUT2D eigenvalue weighted by Crippen LogP contribution is -2.42. The van der Waals surface area contributed by atoms with E-state index in [1.807, 2.05) is 35.2 Å². The number of carbonyl (C=O) groups is 1. The predicted octanol–water partition coefficient (Wildman–Crippen LogP) is 2.14. The van der Waals surface area contributed by atoms with Crippen LogP contribution >= 0.6 is 0 Å². The zero-order chi connectivity index (χ0) is 18.5. The number of carbonyl (C=O) groups excluding carboxylic acids is 1. The molecule has 0 unspecified atom stereocenters. The fraction of sp³-hybridized carbons (Fsp3) is 0.450. The van der Waals surface area contributed by atoms with E-state index in [9.17, 15) is 9.59 Å². The van der Waals surface area contributed by atoms with Gasteiger partial charge >= 0.3 is 0 Å². The van der Waals surface area contributed by atoms with Crippen molar-refractivity contribution in [1.82, 2.24) is 14.9 Å². The summed E-state index contributed by atoms with van der Waals surface area (Å²) in [6.45, 7) is 5.43. The number of benzene rings is 1. The van der Waals surface area contributed by atoms with Gasteiger partial charge < -0.3 is 14.6 Å². The van der Waals surface area contributed by atoms with Crippen molar-refractivity contribution in [3.8, 4) is 0 Å². The molecule has 6 heteroatoms. The first-order valence-electron chi connectivity index (χ1n) is 9.02. The molecule has 2 heterocycles. The summed E-state index contributed by atoms with van der Waals surface area (Å²) in [6, 6.07) is 10.1. The van der Waals surface area contributed by atoms with Crippen molar-refractivity contribution in [2.24, 2.45) is 0 Å². The number of rotatable bonds is 5. The van der Waals surface area contributed by atoms with Crippen molar-refractivity contribution in [3.63, 3.8) is 0 Å². The smallest absolute Gasteiger partial charge is 0.254 e. The van der Waals surface area contributed by atoms with E-state index >= 15 is 0 Å². The normalized spacial score (nSPS) is 15.2. The molecule has 1 aliphatic rings. The molecule has 138 valence electrons. The summed E-state index contributed by atoms with van der Waals surface area (Å²) >= 11 is 0. The minimum atomic E-state index is -0.218. The van der Waals surface area contributed by atoms with Crippen molar-refractivity contribution in [1.29, 1.82) is 0 Å². The number of hydrogen-bond donors (Lipinski definition) is 1. The van der Waals surface area contributed by atoms with E-state index in [2.05, 4.69) is 9.97 Å². The van der Waals surface area contributed by atoms with Gasteiger partial charge in [-0.1, -0.05) is 30.3 Å². The molecular formula is C20H25N3O3. The molecule has 0 atom stereocenters. The first-order chi connectivity index (χ1) is 12.5. The number of aromatic nitrogens is 2. The largest absolute Gasteiger partial charge is 0.373 e. The van der Waals surface area contributed by atoms with Crippen LogP contribution in [0.4, 0.5) is 0 Å². The highest BCUT2D eigenvalue weighted by molar-refractivity contribution is 5.79. The summed E-state index contributed by atoms with van der Waals surface area (Å²) in [6.07, 6.45) is 1.91. The Morgan fingerprint density at radius 3 is 2.58 bits per heavy atom. The summed E-state index contributed by atoms with van der Waals surface area (Å²) in [5.74, 6) is 0.547. The predicted molar refractivity (Wildman–Crippen MR) is 98.9 cm³/mol. The average Bonchev–Trinajstić information content (AvgIpc) is 2.64. The van der Waals surface area contributed by atoms with Gasteiger partial charge in [-0.25, -0.2) is 4.98 Å². The molecule has 1 amide bonds. The fourth-order valence-corrected chi connectivity index (χ4v) is 3.28. The molecule has 1 saturated heterocycles. The molecule has 1 aromatic heterocycles. The third kappa shape index (κ3) is 4.58. The zero-order valence-corrected chi connectivity index (χ0v) is 15.3. The molecule has 0 spiro atoms. The molecule has 1 aliphatic heterocycles. The van der Waals surface area contributed by atoms with Crippen LogP contribution < -0.4 is 5.56 Å². The lowest BCUT2D eigenvalue weighted by molar-refractivity contribution is -0.133. The molecule has 0 bridgehead atoms. The Morgan fingerprint density at radius 2 is 1.92 bits per heavy atom. The van der Waals surface area contributed by atoms with Crippen LogP contribution in [0.15, 0.2) is 35.1 Å². The third-order valence-electron chi connectivity index (χ3n) is 4.79. The third-order valence-corrected chi connectivity index (χ3v) is 4.79. The number of hydrogen-bond acceptors (Lipinski definition) is 4. The summed E-state index contributed by atoms with van der Waals surface area (Å²) in [5, 5.41) is 0. The minimum absolute atomic E-state index is 0.0224. The molecule has 1 aromatic carbocycles. The van der Waals surface area contributed by atoms with E-state index in [0.717, 1.165) is 18.4 Å². The Kier molecular flexibility index (Phi) is 5.83. The number of likely N-dealkylation sites (tertiary alicyclic amines) is 1. The Balaban J connectivity index is 1.50. The molecule has 2 aromatic rings. The van der Waals surface area contributed by atoms with Crippen LogP contribution in [-0.4, -0.2) is 40.0 Å². The Bertz CT molecular complexity index is 809. The first-order valence-corrected chi connectivity index (χ1v) is 9.02. The number of aryl methyl sites for hydroxylation is 2. The van der Waals surface area contributed by atoms with Crippen LogP contribution in [0.3, 0.4) is 0 Å². The van der Waals surface area contributed by atoms with Gasteiger partial charge in [-0.3, -0.25) is 9.59 Å². The standard InChI is InChI=1S/C20H25N3O3/c1-14-18(20(25)22-15(2)21-14)12-19(24)23-10-8-17(9-11-23)26-13-16-6-4-3-5-7-16/h3-7,17H,8-13H2,1-2H3,(H,21,22,25).